The number of likely N-dealkylation sites (tertiary alicyclic amines) is 1. The Morgan fingerprint density at radius 2 is 1.79 bits per heavy atom. The number of hydrogen-bond acceptors (Lipinski definition) is 3. The van der Waals surface area contributed by atoms with Crippen LogP contribution in [0.2, 0.25) is 0 Å². The lowest BCUT2D eigenvalue weighted by atomic mass is 10.1. The molecule has 1 N–H and O–H groups in total. The molecule has 1 heterocycles. The predicted octanol–water partition coefficient (Wildman–Crippen LogP) is 2.43. The van der Waals surface area contributed by atoms with Crippen LogP contribution in [0.25, 0.3) is 0 Å². The van der Waals surface area contributed by atoms with Crippen molar-refractivity contribution in [1.82, 2.24) is 10.2 Å². The van der Waals surface area contributed by atoms with Crippen molar-refractivity contribution in [2.75, 3.05) is 39.9 Å². The van der Waals surface area contributed by atoms with Gasteiger partial charge in [-0.3, -0.25) is 4.79 Å². The smallest absolute Gasteiger partial charge is 0.245 e. The van der Waals surface area contributed by atoms with E-state index >= 15 is 0 Å². The molecule has 0 atom stereocenters. The first-order valence-electron chi connectivity index (χ1n) is 7.83. The second-order valence-electron chi connectivity index (χ2n) is 4.69. The first-order chi connectivity index (χ1) is 9.33. The SMILES string of the molecule is CC.CNC(=O)COCCCCCN1CCCCC1. The van der Waals surface area contributed by atoms with Crippen molar-refractivity contribution in [3.63, 3.8) is 0 Å². The fraction of sp³-hybridized carbons (Fsp3) is 0.933. The molecule has 0 aromatic heterocycles. The minimum atomic E-state index is -0.0432. The van der Waals surface area contributed by atoms with Crippen LogP contribution in [0.3, 0.4) is 0 Å². The maximum Gasteiger partial charge on any atom is 0.245 e. The van der Waals surface area contributed by atoms with Crippen LogP contribution in [0.4, 0.5) is 0 Å². The van der Waals surface area contributed by atoms with Gasteiger partial charge in [-0.1, -0.05) is 20.3 Å². The maximum atomic E-state index is 10.9. The molecule has 1 amide bonds. The topological polar surface area (TPSA) is 41.6 Å². The summed E-state index contributed by atoms with van der Waals surface area (Å²) in [5.41, 5.74) is 0. The molecule has 1 fully saturated rings. The highest BCUT2D eigenvalue weighted by atomic mass is 16.5. The van der Waals surface area contributed by atoms with Gasteiger partial charge >= 0.3 is 0 Å². The number of amides is 1. The highest BCUT2D eigenvalue weighted by molar-refractivity contribution is 5.76. The van der Waals surface area contributed by atoms with Gasteiger partial charge in [-0.2, -0.15) is 0 Å². The molecule has 0 unspecified atom stereocenters. The molecular formula is C15H32N2O2. The summed E-state index contributed by atoms with van der Waals surface area (Å²) < 4.78 is 5.25. The van der Waals surface area contributed by atoms with E-state index in [0.717, 1.165) is 6.42 Å². The summed E-state index contributed by atoms with van der Waals surface area (Å²) in [5, 5.41) is 2.54. The molecule has 1 aliphatic heterocycles. The third-order valence-electron chi connectivity index (χ3n) is 3.22. The molecule has 1 saturated heterocycles. The summed E-state index contributed by atoms with van der Waals surface area (Å²) in [6, 6.07) is 0. The van der Waals surface area contributed by atoms with Gasteiger partial charge in [0.25, 0.3) is 0 Å². The van der Waals surface area contributed by atoms with Gasteiger partial charge in [0.15, 0.2) is 0 Å². The van der Waals surface area contributed by atoms with Crippen molar-refractivity contribution < 1.29 is 9.53 Å². The van der Waals surface area contributed by atoms with Crippen LogP contribution in [0, 0.1) is 0 Å². The average molecular weight is 272 g/mol. The predicted molar refractivity (Wildman–Crippen MR) is 80.4 cm³/mol. The number of ether oxygens (including phenoxy) is 1. The summed E-state index contributed by atoms with van der Waals surface area (Å²) in [6.45, 7) is 8.70. The minimum Gasteiger partial charge on any atom is -0.372 e. The Morgan fingerprint density at radius 3 is 2.42 bits per heavy atom. The molecule has 19 heavy (non-hydrogen) atoms. The minimum absolute atomic E-state index is 0.0432. The van der Waals surface area contributed by atoms with Gasteiger partial charge in [-0.15, -0.1) is 0 Å². The van der Waals surface area contributed by atoms with Crippen molar-refractivity contribution in [1.29, 1.82) is 0 Å². The van der Waals surface area contributed by atoms with Crippen molar-refractivity contribution in [2.45, 2.75) is 52.4 Å². The molecule has 0 aromatic rings. The second kappa shape index (κ2) is 13.8. The van der Waals surface area contributed by atoms with Gasteiger partial charge in [-0.05, 0) is 51.7 Å². The van der Waals surface area contributed by atoms with Gasteiger partial charge in [-0.25, -0.2) is 0 Å². The van der Waals surface area contributed by atoms with Crippen molar-refractivity contribution >= 4 is 5.91 Å². The molecule has 0 saturated carbocycles. The second-order valence-corrected chi connectivity index (χ2v) is 4.69. The molecule has 0 aliphatic carbocycles. The molecule has 0 spiro atoms. The lowest BCUT2D eigenvalue weighted by Gasteiger charge is -2.26. The van der Waals surface area contributed by atoms with Gasteiger partial charge in [0.2, 0.25) is 5.91 Å². The highest BCUT2D eigenvalue weighted by Crippen LogP contribution is 2.09. The molecule has 114 valence electrons. The van der Waals surface area contributed by atoms with Crippen LogP contribution in [0.1, 0.15) is 52.4 Å². The molecular weight excluding hydrogens is 240 g/mol. The fourth-order valence-corrected chi connectivity index (χ4v) is 2.14. The molecule has 4 nitrogen and oxygen atoms in total. The number of piperidine rings is 1. The van der Waals surface area contributed by atoms with Gasteiger partial charge in [0.1, 0.15) is 6.61 Å². The van der Waals surface area contributed by atoms with E-state index in [1.54, 1.807) is 7.05 Å². The van der Waals surface area contributed by atoms with Crippen LogP contribution in [-0.2, 0) is 9.53 Å². The highest BCUT2D eigenvalue weighted by Gasteiger charge is 2.08. The van der Waals surface area contributed by atoms with Crippen molar-refractivity contribution in [2.24, 2.45) is 0 Å². The third kappa shape index (κ3) is 11.0. The Kier molecular flexibility index (Phi) is 13.4. The number of nitrogens with one attached hydrogen (secondary N) is 1. The van der Waals surface area contributed by atoms with Crippen LogP contribution < -0.4 is 5.32 Å². The number of hydrogen-bond donors (Lipinski definition) is 1. The molecule has 0 radical (unpaired) electrons. The molecule has 0 aromatic carbocycles. The zero-order valence-electron chi connectivity index (χ0n) is 13.0. The molecule has 1 aliphatic rings. The zero-order valence-corrected chi connectivity index (χ0v) is 13.0. The largest absolute Gasteiger partial charge is 0.372 e. The number of likely N-dealkylation sites (N-methyl/N-ethyl adjacent to an activating group) is 1. The first-order valence-corrected chi connectivity index (χ1v) is 7.83. The fourth-order valence-electron chi connectivity index (χ4n) is 2.14. The number of rotatable bonds is 8. The maximum absolute atomic E-state index is 10.9. The van der Waals surface area contributed by atoms with Crippen LogP contribution in [-0.4, -0.2) is 50.7 Å². The molecule has 0 bridgehead atoms. The van der Waals surface area contributed by atoms with E-state index in [2.05, 4.69) is 10.2 Å². The van der Waals surface area contributed by atoms with Crippen molar-refractivity contribution in [3.05, 3.63) is 0 Å². The summed E-state index contributed by atoms with van der Waals surface area (Å²) in [7, 11) is 1.63. The molecule has 1 rings (SSSR count). The molecule has 4 heteroatoms. The van der Waals surface area contributed by atoms with E-state index in [9.17, 15) is 4.79 Å². The lowest BCUT2D eigenvalue weighted by molar-refractivity contribution is -0.125. The summed E-state index contributed by atoms with van der Waals surface area (Å²) in [4.78, 5) is 13.4. The van der Waals surface area contributed by atoms with E-state index in [0.29, 0.717) is 6.61 Å². The first kappa shape index (κ1) is 18.4. The third-order valence-corrected chi connectivity index (χ3v) is 3.22. The Hall–Kier alpha value is -0.610. The summed E-state index contributed by atoms with van der Waals surface area (Å²) in [5.74, 6) is -0.0432. The number of carbonyl (C=O) groups is 1. The number of nitrogens with zero attached hydrogens (tertiary/aromatic N) is 1. The normalized spacial score (nSPS) is 15.5. The Bertz CT molecular complexity index is 204. The Morgan fingerprint density at radius 1 is 1.11 bits per heavy atom. The van der Waals surface area contributed by atoms with Crippen LogP contribution >= 0.6 is 0 Å². The quantitative estimate of drug-likeness (QED) is 0.690. The monoisotopic (exact) mass is 272 g/mol. The van der Waals surface area contributed by atoms with E-state index in [-0.39, 0.29) is 12.5 Å². The van der Waals surface area contributed by atoms with E-state index in [4.69, 9.17) is 4.74 Å². The van der Waals surface area contributed by atoms with Crippen LogP contribution in [0.5, 0.6) is 0 Å². The Balaban J connectivity index is 0.00000154. The van der Waals surface area contributed by atoms with Gasteiger partial charge in [0.05, 0.1) is 0 Å². The van der Waals surface area contributed by atoms with E-state index in [1.807, 2.05) is 13.8 Å². The average Bonchev–Trinajstić information content (AvgIpc) is 2.49. The Labute approximate surface area is 118 Å². The van der Waals surface area contributed by atoms with E-state index < -0.39 is 0 Å². The standard InChI is InChI=1S/C13H26N2O2.C2H6/c1-14-13(16)12-17-11-7-3-6-10-15-8-4-2-5-9-15;1-2/h2-12H2,1H3,(H,14,16);1-2H3. The lowest BCUT2D eigenvalue weighted by Crippen LogP contribution is -2.30. The van der Waals surface area contributed by atoms with Gasteiger partial charge in [0, 0.05) is 13.7 Å². The summed E-state index contributed by atoms with van der Waals surface area (Å²) >= 11 is 0. The van der Waals surface area contributed by atoms with Gasteiger partial charge < -0.3 is 15.0 Å². The van der Waals surface area contributed by atoms with E-state index in [1.165, 1.54) is 51.7 Å². The number of carbonyl (C=O) groups excluding carboxylic acids is 1. The van der Waals surface area contributed by atoms with Crippen molar-refractivity contribution in [3.8, 4) is 0 Å². The number of unbranched alkanes of at least 4 members (excludes halogenated alkanes) is 2. The summed E-state index contributed by atoms with van der Waals surface area (Å²) in [6.07, 6.45) is 7.66. The zero-order chi connectivity index (χ0) is 14.3. The van der Waals surface area contributed by atoms with Crippen LogP contribution in [0.15, 0.2) is 0 Å².